The maximum Gasteiger partial charge on any atom is 0.302 e. The molecule has 12 nitrogen and oxygen atoms in total. The van der Waals surface area contributed by atoms with E-state index >= 15 is 0 Å². The van der Waals surface area contributed by atoms with E-state index in [2.05, 4.69) is 161 Å². The molecule has 1 amide bonds. The summed E-state index contributed by atoms with van der Waals surface area (Å²) in [7, 11) is 19.1. The molecule has 0 unspecified atom stereocenters. The van der Waals surface area contributed by atoms with Crippen LogP contribution in [0.3, 0.4) is 0 Å². The molecular weight excluding hydrogens is 1040 g/mol. The van der Waals surface area contributed by atoms with Gasteiger partial charge in [-0.05, 0) is 146 Å². The summed E-state index contributed by atoms with van der Waals surface area (Å²) in [6.07, 6.45) is 5.89. The topological polar surface area (TPSA) is 141 Å². The Labute approximate surface area is 513 Å². The van der Waals surface area contributed by atoms with Crippen molar-refractivity contribution in [3.8, 4) is 11.5 Å². The molecular formula is C71H129N3O9. The summed E-state index contributed by atoms with van der Waals surface area (Å²) in [5.74, 6) is 3.76. The number of ether oxygens (including phenoxy) is 4. The molecule has 0 saturated heterocycles. The fraction of sp³-hybridized carbons (Fsp3) is 0.549. The van der Waals surface area contributed by atoms with Crippen LogP contribution in [0.4, 0.5) is 0 Å². The van der Waals surface area contributed by atoms with Crippen LogP contribution in [0.25, 0.3) is 0 Å². The zero-order valence-electron chi connectivity index (χ0n) is 59.6. The number of carbonyl (C=O) groups is 5. The first-order valence-electron chi connectivity index (χ1n) is 27.7. The van der Waals surface area contributed by atoms with Gasteiger partial charge in [-0.15, -0.1) is 39.5 Å². The molecule has 1 aliphatic carbocycles. The van der Waals surface area contributed by atoms with Gasteiger partial charge >= 0.3 is 5.97 Å². The first-order chi connectivity index (χ1) is 38.1. The van der Waals surface area contributed by atoms with Gasteiger partial charge in [-0.2, -0.15) is 0 Å². The van der Waals surface area contributed by atoms with Gasteiger partial charge in [-0.1, -0.05) is 138 Å². The Balaban J connectivity index is -0.0000000765. The van der Waals surface area contributed by atoms with Gasteiger partial charge in [0, 0.05) is 72.1 Å². The van der Waals surface area contributed by atoms with Gasteiger partial charge in [0.15, 0.2) is 11.6 Å². The average molecular weight is 1170 g/mol. The Hall–Kier alpha value is -6.24. The molecule has 0 bridgehead atoms. The molecule has 0 atom stereocenters. The van der Waals surface area contributed by atoms with E-state index in [1.54, 1.807) is 73.8 Å². The summed E-state index contributed by atoms with van der Waals surface area (Å²) in [6.45, 7) is 59.1. The van der Waals surface area contributed by atoms with Gasteiger partial charge in [-0.25, -0.2) is 0 Å². The first-order valence-corrected chi connectivity index (χ1v) is 27.7. The van der Waals surface area contributed by atoms with Crippen molar-refractivity contribution in [3.05, 3.63) is 145 Å². The lowest BCUT2D eigenvalue weighted by atomic mass is 9.84. The average Bonchev–Trinajstić information content (AvgIpc) is 3.40. The van der Waals surface area contributed by atoms with Crippen LogP contribution in [-0.2, 0) is 23.9 Å². The number of methoxy groups -OCH3 is 4. The normalized spacial score (nSPS) is 11.1. The van der Waals surface area contributed by atoms with Crippen molar-refractivity contribution >= 4 is 34.9 Å². The first kappa shape index (κ1) is 102. The van der Waals surface area contributed by atoms with Crippen molar-refractivity contribution in [1.82, 2.24) is 9.80 Å². The highest BCUT2D eigenvalue weighted by molar-refractivity contribution is 5.97. The molecule has 83 heavy (non-hydrogen) atoms. The number of aliphatic imine (C=N–C) groups is 1. The lowest BCUT2D eigenvalue weighted by Gasteiger charge is -2.22. The molecule has 0 spiro atoms. The third-order valence-corrected chi connectivity index (χ3v) is 9.08. The van der Waals surface area contributed by atoms with Gasteiger partial charge in [0.2, 0.25) is 5.91 Å². The molecule has 3 aromatic carbocycles. The number of nitrogens with zero attached hydrogens (tertiary/aromatic N) is 3. The summed E-state index contributed by atoms with van der Waals surface area (Å²) < 4.78 is 18.5. The Bertz CT molecular complexity index is 1900. The molecule has 1 aliphatic rings. The number of hydrogen-bond acceptors (Lipinski definition) is 11. The second-order valence-corrected chi connectivity index (χ2v) is 21.5. The van der Waals surface area contributed by atoms with E-state index in [0.29, 0.717) is 16.5 Å². The van der Waals surface area contributed by atoms with Crippen molar-refractivity contribution < 1.29 is 42.9 Å². The highest BCUT2D eigenvalue weighted by Crippen LogP contribution is 2.27. The van der Waals surface area contributed by atoms with E-state index in [4.69, 9.17) is 9.47 Å². The number of carbonyl (C=O) groups excluding carboxylic acids is 5. The van der Waals surface area contributed by atoms with E-state index in [1.165, 1.54) is 102 Å². The predicted molar refractivity (Wildman–Crippen MR) is 368 cm³/mol. The molecule has 0 heterocycles. The minimum Gasteiger partial charge on any atom is -0.497 e. The van der Waals surface area contributed by atoms with E-state index in [9.17, 15) is 24.0 Å². The summed E-state index contributed by atoms with van der Waals surface area (Å²) in [5, 5.41) is 0. The summed E-state index contributed by atoms with van der Waals surface area (Å²) in [4.78, 5) is 58.1. The number of allylic oxidation sites excluding steroid dienone is 2. The second-order valence-electron chi connectivity index (χ2n) is 21.5. The molecule has 3 aromatic rings. The van der Waals surface area contributed by atoms with Crippen LogP contribution in [0.2, 0.25) is 0 Å². The lowest BCUT2D eigenvalue weighted by Crippen LogP contribution is -2.17. The number of ketones is 3. The predicted octanol–water partition coefficient (Wildman–Crippen LogP) is 18.5. The van der Waals surface area contributed by atoms with Crippen LogP contribution >= 0.6 is 0 Å². The van der Waals surface area contributed by atoms with E-state index in [0.717, 1.165) is 34.6 Å². The number of hydrogen-bond donors (Lipinski definition) is 0. The fourth-order valence-electron chi connectivity index (χ4n) is 3.95. The van der Waals surface area contributed by atoms with Crippen LogP contribution in [-0.4, -0.2) is 123 Å². The van der Waals surface area contributed by atoms with Crippen molar-refractivity contribution in [2.45, 2.75) is 171 Å². The second kappa shape index (κ2) is 71.9. The molecule has 482 valence electrons. The van der Waals surface area contributed by atoms with Gasteiger partial charge < -0.3 is 33.5 Å². The maximum atomic E-state index is 10.8. The smallest absolute Gasteiger partial charge is 0.302 e. The molecule has 4 rings (SSSR count). The molecule has 0 aromatic heterocycles. The molecule has 0 aliphatic heterocycles. The number of amides is 1. The van der Waals surface area contributed by atoms with E-state index in [1.807, 2.05) is 65.0 Å². The molecule has 12 heteroatoms. The molecule has 0 N–H and O–H groups in total. The number of esters is 1. The molecule has 0 radical (unpaired) electrons. The highest BCUT2D eigenvalue weighted by Gasteiger charge is 2.13. The third-order valence-electron chi connectivity index (χ3n) is 9.08. The summed E-state index contributed by atoms with van der Waals surface area (Å²) in [6, 6.07) is 20.9. The third kappa shape index (κ3) is 115. The SMILES string of the molecule is C=C.C=C.C=C.CC(=O)N(C)C.CC(=O)c1ccc(C(C)=O)cc1.CC(C)(C)C.CC(C)=C(C)C.CC(C)=O.CC1CCC(C)CC1.CN(C)C.CN=C(C)C.COC.COC(C)=O.COc1cc(C)cc(OC)c1.Cc1ccc(C)cc1. The lowest BCUT2D eigenvalue weighted by molar-refractivity contribution is -0.138. The minimum absolute atomic E-state index is 0.0186. The summed E-state index contributed by atoms with van der Waals surface area (Å²) >= 11 is 0. The Morgan fingerprint density at radius 1 is 0.494 bits per heavy atom. The van der Waals surface area contributed by atoms with Crippen LogP contribution in [0, 0.1) is 38.0 Å². The van der Waals surface area contributed by atoms with Crippen molar-refractivity contribution in [2.24, 2.45) is 22.2 Å². The summed E-state index contributed by atoms with van der Waals surface area (Å²) in [5.41, 5.74) is 9.56. The van der Waals surface area contributed by atoms with E-state index in [-0.39, 0.29) is 29.2 Å². The van der Waals surface area contributed by atoms with Crippen LogP contribution in [0.1, 0.15) is 188 Å². The van der Waals surface area contributed by atoms with Crippen molar-refractivity contribution in [1.29, 1.82) is 0 Å². The van der Waals surface area contributed by atoms with Crippen LogP contribution in [0.15, 0.2) is 122 Å². The minimum atomic E-state index is -0.245. The van der Waals surface area contributed by atoms with Crippen LogP contribution < -0.4 is 9.47 Å². The quantitative estimate of drug-likeness (QED) is 0.107. The van der Waals surface area contributed by atoms with Crippen LogP contribution in [0.5, 0.6) is 11.5 Å². The van der Waals surface area contributed by atoms with Crippen molar-refractivity contribution in [2.75, 3.05) is 77.8 Å². The fourth-order valence-corrected chi connectivity index (χ4v) is 3.95. The van der Waals surface area contributed by atoms with Gasteiger partial charge in [0.25, 0.3) is 0 Å². The van der Waals surface area contributed by atoms with E-state index < -0.39 is 0 Å². The van der Waals surface area contributed by atoms with Crippen molar-refractivity contribution in [3.63, 3.8) is 0 Å². The Morgan fingerprint density at radius 2 is 0.687 bits per heavy atom. The highest BCUT2D eigenvalue weighted by atomic mass is 16.5. The Morgan fingerprint density at radius 3 is 0.807 bits per heavy atom. The zero-order chi connectivity index (χ0) is 68.6. The molecule has 1 fully saturated rings. The monoisotopic (exact) mass is 1170 g/mol. The largest absolute Gasteiger partial charge is 0.497 e. The van der Waals surface area contributed by atoms with Gasteiger partial charge in [0.05, 0.1) is 21.3 Å². The number of benzene rings is 3. The molecule has 1 saturated carbocycles. The number of rotatable bonds is 4. The maximum absolute atomic E-state index is 10.8. The van der Waals surface area contributed by atoms with Gasteiger partial charge in [0.1, 0.15) is 17.3 Å². The standard InChI is InChI=1S/C10H10O2.C9H12O2.C8H16.C8H10.C6H12.C5H12.C4H9NO.C4H9N.C3H9N.C3H6O2.C3H6O.C2H6O.3C2H4/c1-7(11)9-3-5-10(6-4-9)8(2)12;1-7-4-8(10-2)6-9(5-7)11-3;2*1-7-3-5-8(2)6-4-7;1-5(2)6(3)4;1-5(2,3)4;1-4(6)5(2)3;1-4(2)5-3;1-4(2)3;1-3(4)5-2;1-3(2)4;1-3-2;3*1-2/h3-6H,1-2H3;4-6H,1-3H3;7-8H,3-6H2,1-2H3;3-6H,1-2H3;1-4H3;1-4H3;1-3H3;1-3H3;1-3H3;1-2H3;1-2H3;1-2H3;3*1-2H2. The number of Topliss-reactive ketones (excluding diaryl/α,β-unsaturated/α-hetero) is 3. The zero-order valence-corrected chi connectivity index (χ0v) is 59.6. The Kier molecular flexibility index (Phi) is 88.2. The number of aryl methyl sites for hydroxylation is 3. The van der Waals surface area contributed by atoms with Gasteiger partial charge in [-0.3, -0.25) is 24.2 Å².